The van der Waals surface area contributed by atoms with Crippen LogP contribution < -0.4 is 15.6 Å². The second kappa shape index (κ2) is 8.49. The SMILES string of the molecule is CCCCn1nc(C(=O)NCc2ccc3cc(OC)ccc3c2)ccc1=O. The minimum atomic E-state index is -0.296. The standard InChI is InChI=1S/C21H23N3O3/c1-3-4-11-24-20(25)10-9-19(23-24)21(26)22-14-15-5-6-17-13-18(27-2)8-7-16(17)12-15/h5-10,12-13H,3-4,11,14H2,1-2H3,(H,22,26). The van der Waals surface area contributed by atoms with Gasteiger partial charge in [-0.3, -0.25) is 9.59 Å². The van der Waals surface area contributed by atoms with Crippen LogP contribution in [0.1, 0.15) is 35.8 Å². The molecule has 0 fully saturated rings. The highest BCUT2D eigenvalue weighted by Gasteiger charge is 2.09. The van der Waals surface area contributed by atoms with Crippen molar-refractivity contribution in [3.8, 4) is 5.75 Å². The first-order chi connectivity index (χ1) is 13.1. The molecule has 6 heteroatoms. The van der Waals surface area contributed by atoms with E-state index >= 15 is 0 Å². The van der Waals surface area contributed by atoms with Gasteiger partial charge >= 0.3 is 0 Å². The molecule has 0 atom stereocenters. The summed E-state index contributed by atoms with van der Waals surface area (Å²) in [6, 6.07) is 14.7. The number of carbonyl (C=O) groups excluding carboxylic acids is 1. The van der Waals surface area contributed by atoms with Crippen LogP contribution in [0.3, 0.4) is 0 Å². The van der Waals surface area contributed by atoms with Crippen molar-refractivity contribution in [3.05, 3.63) is 70.1 Å². The second-order valence-corrected chi connectivity index (χ2v) is 6.36. The normalized spacial score (nSPS) is 10.7. The Labute approximate surface area is 157 Å². The molecule has 0 unspecified atom stereocenters. The average Bonchev–Trinajstić information content (AvgIpc) is 2.70. The van der Waals surface area contributed by atoms with Gasteiger partial charge in [-0.25, -0.2) is 4.68 Å². The Balaban J connectivity index is 1.70. The number of hydrogen-bond donors (Lipinski definition) is 1. The number of ether oxygens (including phenoxy) is 1. The molecule has 1 aromatic heterocycles. The number of rotatable bonds is 7. The Morgan fingerprint density at radius 3 is 2.67 bits per heavy atom. The number of nitrogens with one attached hydrogen (secondary N) is 1. The number of fused-ring (bicyclic) bond motifs is 1. The molecular formula is C21H23N3O3. The molecule has 0 aliphatic heterocycles. The monoisotopic (exact) mass is 365 g/mol. The van der Waals surface area contributed by atoms with Crippen LogP contribution in [-0.2, 0) is 13.1 Å². The van der Waals surface area contributed by atoms with Crippen LogP contribution >= 0.6 is 0 Å². The summed E-state index contributed by atoms with van der Waals surface area (Å²) in [5, 5.41) is 9.19. The first kappa shape index (κ1) is 18.6. The third-order valence-electron chi connectivity index (χ3n) is 4.39. The highest BCUT2D eigenvalue weighted by molar-refractivity contribution is 5.92. The van der Waals surface area contributed by atoms with Crippen molar-refractivity contribution in [2.24, 2.45) is 0 Å². The molecule has 2 aromatic carbocycles. The van der Waals surface area contributed by atoms with E-state index in [0.717, 1.165) is 34.9 Å². The summed E-state index contributed by atoms with van der Waals surface area (Å²) in [5.74, 6) is 0.517. The van der Waals surface area contributed by atoms with Gasteiger partial charge in [-0.2, -0.15) is 5.10 Å². The molecule has 0 aliphatic rings. The first-order valence-electron chi connectivity index (χ1n) is 9.04. The zero-order chi connectivity index (χ0) is 19.2. The Kier molecular flexibility index (Phi) is 5.86. The Morgan fingerprint density at radius 1 is 1.11 bits per heavy atom. The Hall–Kier alpha value is -3.15. The molecule has 1 amide bonds. The number of nitrogens with zero attached hydrogens (tertiary/aromatic N) is 2. The first-order valence-corrected chi connectivity index (χ1v) is 9.04. The lowest BCUT2D eigenvalue weighted by atomic mass is 10.1. The highest BCUT2D eigenvalue weighted by atomic mass is 16.5. The summed E-state index contributed by atoms with van der Waals surface area (Å²) in [7, 11) is 1.64. The molecule has 1 heterocycles. The summed E-state index contributed by atoms with van der Waals surface area (Å²) in [6.07, 6.45) is 1.80. The summed E-state index contributed by atoms with van der Waals surface area (Å²) in [4.78, 5) is 24.2. The topological polar surface area (TPSA) is 73.2 Å². The lowest BCUT2D eigenvalue weighted by Gasteiger charge is -2.09. The lowest BCUT2D eigenvalue weighted by Crippen LogP contribution is -2.29. The largest absolute Gasteiger partial charge is 0.497 e. The summed E-state index contributed by atoms with van der Waals surface area (Å²) >= 11 is 0. The molecule has 0 saturated heterocycles. The van der Waals surface area contributed by atoms with E-state index in [2.05, 4.69) is 10.4 Å². The van der Waals surface area contributed by atoms with Gasteiger partial charge < -0.3 is 10.1 Å². The van der Waals surface area contributed by atoms with Gasteiger partial charge in [0.25, 0.3) is 11.5 Å². The molecule has 0 bridgehead atoms. The molecule has 6 nitrogen and oxygen atoms in total. The van der Waals surface area contributed by atoms with Crippen LogP contribution in [0.2, 0.25) is 0 Å². The molecule has 0 aliphatic carbocycles. The van der Waals surface area contributed by atoms with Crippen LogP contribution in [0.15, 0.2) is 53.3 Å². The summed E-state index contributed by atoms with van der Waals surface area (Å²) in [5.41, 5.74) is 1.04. The smallest absolute Gasteiger partial charge is 0.271 e. The van der Waals surface area contributed by atoms with Gasteiger partial charge in [-0.15, -0.1) is 0 Å². The molecule has 27 heavy (non-hydrogen) atoms. The second-order valence-electron chi connectivity index (χ2n) is 6.36. The van der Waals surface area contributed by atoms with Crippen LogP contribution in [-0.4, -0.2) is 22.8 Å². The van der Waals surface area contributed by atoms with Gasteiger partial charge in [0.1, 0.15) is 11.4 Å². The zero-order valence-electron chi connectivity index (χ0n) is 15.6. The molecule has 3 aromatic rings. The Morgan fingerprint density at radius 2 is 1.89 bits per heavy atom. The van der Waals surface area contributed by atoms with E-state index < -0.39 is 0 Å². The van der Waals surface area contributed by atoms with E-state index in [4.69, 9.17) is 4.74 Å². The zero-order valence-corrected chi connectivity index (χ0v) is 15.6. The molecule has 3 rings (SSSR count). The number of aromatic nitrogens is 2. The molecule has 140 valence electrons. The van der Waals surface area contributed by atoms with Crippen molar-refractivity contribution >= 4 is 16.7 Å². The fraction of sp³-hybridized carbons (Fsp3) is 0.286. The van der Waals surface area contributed by atoms with Crippen LogP contribution in [0.4, 0.5) is 0 Å². The maximum atomic E-state index is 12.4. The predicted molar refractivity (Wildman–Crippen MR) is 105 cm³/mol. The minimum absolute atomic E-state index is 0.190. The fourth-order valence-corrected chi connectivity index (χ4v) is 2.82. The van der Waals surface area contributed by atoms with Crippen LogP contribution in [0, 0.1) is 0 Å². The van der Waals surface area contributed by atoms with E-state index in [1.165, 1.54) is 16.8 Å². The van der Waals surface area contributed by atoms with Crippen molar-refractivity contribution in [3.63, 3.8) is 0 Å². The van der Waals surface area contributed by atoms with Gasteiger partial charge in [0.15, 0.2) is 0 Å². The molecule has 1 N–H and O–H groups in total. The van der Waals surface area contributed by atoms with E-state index in [9.17, 15) is 9.59 Å². The minimum Gasteiger partial charge on any atom is -0.497 e. The van der Waals surface area contributed by atoms with Crippen LogP contribution in [0.25, 0.3) is 10.8 Å². The number of benzene rings is 2. The van der Waals surface area contributed by atoms with Gasteiger partial charge in [0.2, 0.25) is 0 Å². The summed E-state index contributed by atoms with van der Waals surface area (Å²) < 4.78 is 6.58. The number of aryl methyl sites for hydroxylation is 1. The number of methoxy groups -OCH3 is 1. The molecule has 0 saturated carbocycles. The molecule has 0 radical (unpaired) electrons. The van der Waals surface area contributed by atoms with Crippen molar-refractivity contribution < 1.29 is 9.53 Å². The van der Waals surface area contributed by atoms with E-state index in [1.54, 1.807) is 7.11 Å². The van der Waals surface area contributed by atoms with Gasteiger partial charge in [0.05, 0.1) is 7.11 Å². The summed E-state index contributed by atoms with van der Waals surface area (Å²) in [6.45, 7) is 2.95. The third-order valence-corrected chi connectivity index (χ3v) is 4.39. The van der Waals surface area contributed by atoms with Crippen molar-refractivity contribution in [1.29, 1.82) is 0 Å². The van der Waals surface area contributed by atoms with Gasteiger partial charge in [0, 0.05) is 19.2 Å². The lowest BCUT2D eigenvalue weighted by molar-refractivity contribution is 0.0943. The predicted octanol–water partition coefficient (Wildman–Crippen LogP) is 3.14. The van der Waals surface area contributed by atoms with E-state index in [-0.39, 0.29) is 17.2 Å². The maximum Gasteiger partial charge on any atom is 0.271 e. The fourth-order valence-electron chi connectivity index (χ4n) is 2.82. The quantitative estimate of drug-likeness (QED) is 0.698. The number of carbonyl (C=O) groups is 1. The van der Waals surface area contributed by atoms with Crippen molar-refractivity contribution in [2.45, 2.75) is 32.9 Å². The third kappa shape index (κ3) is 4.53. The molecular weight excluding hydrogens is 342 g/mol. The van der Waals surface area contributed by atoms with Crippen molar-refractivity contribution in [1.82, 2.24) is 15.1 Å². The number of hydrogen-bond acceptors (Lipinski definition) is 4. The number of amides is 1. The Bertz CT molecular complexity index is 1010. The van der Waals surface area contributed by atoms with Crippen LogP contribution in [0.5, 0.6) is 5.75 Å². The number of unbranched alkanes of at least 4 members (excludes halogenated alkanes) is 1. The molecule has 0 spiro atoms. The van der Waals surface area contributed by atoms with Gasteiger partial charge in [-0.1, -0.05) is 31.5 Å². The highest BCUT2D eigenvalue weighted by Crippen LogP contribution is 2.21. The average molecular weight is 365 g/mol. The van der Waals surface area contributed by atoms with Crippen molar-refractivity contribution in [2.75, 3.05) is 7.11 Å². The van der Waals surface area contributed by atoms with Gasteiger partial charge in [-0.05, 0) is 47.0 Å². The van der Waals surface area contributed by atoms with E-state index in [0.29, 0.717) is 13.1 Å². The maximum absolute atomic E-state index is 12.4. The van der Waals surface area contributed by atoms with E-state index in [1.807, 2.05) is 43.3 Å².